The molecular weight excluding hydrogens is 266 g/mol. The number of fused-ring (bicyclic) bond motifs is 1. The van der Waals surface area contributed by atoms with Crippen LogP contribution in [0.5, 0.6) is 5.75 Å². The average molecular weight is 287 g/mol. The van der Waals surface area contributed by atoms with Crippen molar-refractivity contribution >= 4 is 22.5 Å². The van der Waals surface area contributed by atoms with Crippen molar-refractivity contribution in [3.63, 3.8) is 0 Å². The lowest BCUT2D eigenvalue weighted by Crippen LogP contribution is -2.20. The van der Waals surface area contributed by atoms with Crippen LogP contribution in [0.15, 0.2) is 41.3 Å². The van der Waals surface area contributed by atoms with Crippen LogP contribution in [0.4, 0.5) is 0 Å². The van der Waals surface area contributed by atoms with Gasteiger partial charge in [-0.3, -0.25) is 0 Å². The minimum Gasteiger partial charge on any atom is -0.507 e. The van der Waals surface area contributed by atoms with E-state index in [9.17, 15) is 5.11 Å². The second-order valence-electron chi connectivity index (χ2n) is 5.38. The monoisotopic (exact) mass is 287 g/mol. The molecule has 1 aliphatic heterocycles. The maximum atomic E-state index is 9.89. The molecule has 0 saturated carbocycles. The van der Waals surface area contributed by atoms with Crippen molar-refractivity contribution < 1.29 is 5.11 Å². The predicted octanol–water partition coefficient (Wildman–Crippen LogP) is 4.12. The molecule has 0 unspecified atom stereocenters. The van der Waals surface area contributed by atoms with Gasteiger partial charge in [0.1, 0.15) is 5.75 Å². The lowest BCUT2D eigenvalue weighted by atomic mass is 10.1. The highest BCUT2D eigenvalue weighted by Crippen LogP contribution is 2.33. The maximum Gasteiger partial charge on any atom is 0.123 e. The van der Waals surface area contributed by atoms with Gasteiger partial charge in [0.25, 0.3) is 0 Å². The minimum atomic E-state index is 0.377. The normalized spacial score (nSPS) is 16.0. The highest BCUT2D eigenvalue weighted by Gasteiger charge is 2.10. The summed E-state index contributed by atoms with van der Waals surface area (Å²) >= 11 is 1.90. The summed E-state index contributed by atoms with van der Waals surface area (Å²) in [5.74, 6) is 1.52. The van der Waals surface area contributed by atoms with Crippen LogP contribution in [0, 0.1) is 0 Å². The maximum absolute atomic E-state index is 9.89. The van der Waals surface area contributed by atoms with E-state index in [0.717, 1.165) is 11.1 Å². The molecule has 0 aliphatic carbocycles. The topological polar surface area (TPSA) is 23.5 Å². The van der Waals surface area contributed by atoms with E-state index < -0.39 is 0 Å². The summed E-state index contributed by atoms with van der Waals surface area (Å²) in [5, 5.41) is 12.0. The summed E-state index contributed by atoms with van der Waals surface area (Å²) in [6, 6.07) is 11.9. The van der Waals surface area contributed by atoms with Crippen molar-refractivity contribution in [2.45, 2.75) is 24.2 Å². The summed E-state index contributed by atoms with van der Waals surface area (Å²) in [5.41, 5.74) is 0. The molecule has 106 valence electrons. The second-order valence-corrected chi connectivity index (χ2v) is 6.52. The molecule has 0 aromatic heterocycles. The van der Waals surface area contributed by atoms with Gasteiger partial charge in [0, 0.05) is 10.3 Å². The highest BCUT2D eigenvalue weighted by molar-refractivity contribution is 7.99. The number of nitrogens with zero attached hydrogens (tertiary/aromatic N) is 1. The first kappa shape index (κ1) is 13.8. The summed E-state index contributed by atoms with van der Waals surface area (Å²) in [6.45, 7) is 3.79. The van der Waals surface area contributed by atoms with Gasteiger partial charge in [-0.05, 0) is 62.2 Å². The van der Waals surface area contributed by atoms with Crippen molar-refractivity contribution in [3.05, 3.63) is 36.4 Å². The summed E-state index contributed by atoms with van der Waals surface area (Å²) in [4.78, 5) is 3.84. The van der Waals surface area contributed by atoms with Gasteiger partial charge in [-0.2, -0.15) is 0 Å². The molecule has 2 aromatic carbocycles. The Morgan fingerprint density at radius 2 is 1.75 bits per heavy atom. The fourth-order valence-corrected chi connectivity index (χ4v) is 3.85. The van der Waals surface area contributed by atoms with Gasteiger partial charge in [0.2, 0.25) is 0 Å². The molecule has 2 nitrogen and oxygen atoms in total. The van der Waals surface area contributed by atoms with E-state index in [2.05, 4.69) is 11.0 Å². The van der Waals surface area contributed by atoms with E-state index in [0.29, 0.717) is 5.75 Å². The van der Waals surface area contributed by atoms with E-state index >= 15 is 0 Å². The third-order valence-electron chi connectivity index (χ3n) is 3.94. The third kappa shape index (κ3) is 3.10. The van der Waals surface area contributed by atoms with Gasteiger partial charge >= 0.3 is 0 Å². The van der Waals surface area contributed by atoms with Gasteiger partial charge in [-0.15, -0.1) is 11.8 Å². The van der Waals surface area contributed by atoms with Crippen LogP contribution in [0.3, 0.4) is 0 Å². The molecule has 0 amide bonds. The number of hydrogen-bond donors (Lipinski definition) is 1. The molecule has 0 radical (unpaired) electrons. The van der Waals surface area contributed by atoms with Gasteiger partial charge in [0.15, 0.2) is 0 Å². The summed E-state index contributed by atoms with van der Waals surface area (Å²) in [6.07, 6.45) is 3.98. The average Bonchev–Trinajstić information content (AvgIpc) is 2.99. The highest BCUT2D eigenvalue weighted by atomic mass is 32.2. The van der Waals surface area contributed by atoms with Crippen LogP contribution in [0.2, 0.25) is 0 Å². The molecule has 1 heterocycles. The van der Waals surface area contributed by atoms with Crippen LogP contribution >= 0.6 is 11.8 Å². The largest absolute Gasteiger partial charge is 0.507 e. The molecule has 0 atom stereocenters. The lowest BCUT2D eigenvalue weighted by Gasteiger charge is -2.14. The van der Waals surface area contributed by atoms with Gasteiger partial charge in [-0.1, -0.05) is 24.3 Å². The number of rotatable bonds is 5. The molecule has 1 aliphatic rings. The number of phenols is 1. The van der Waals surface area contributed by atoms with Crippen molar-refractivity contribution in [1.82, 2.24) is 4.90 Å². The Kier molecular flexibility index (Phi) is 4.48. The number of thioether (sulfide) groups is 1. The molecule has 0 spiro atoms. The molecule has 1 N–H and O–H groups in total. The number of hydrogen-bond acceptors (Lipinski definition) is 3. The Balaban J connectivity index is 1.61. The van der Waals surface area contributed by atoms with Gasteiger partial charge in [0.05, 0.1) is 0 Å². The van der Waals surface area contributed by atoms with Gasteiger partial charge < -0.3 is 10.0 Å². The zero-order valence-corrected chi connectivity index (χ0v) is 12.5. The smallest absolute Gasteiger partial charge is 0.123 e. The molecule has 1 fully saturated rings. The predicted molar refractivity (Wildman–Crippen MR) is 86.6 cm³/mol. The van der Waals surface area contributed by atoms with Crippen LogP contribution < -0.4 is 0 Å². The van der Waals surface area contributed by atoms with Crippen LogP contribution in [0.1, 0.15) is 19.3 Å². The van der Waals surface area contributed by atoms with E-state index in [-0.39, 0.29) is 0 Å². The zero-order valence-electron chi connectivity index (χ0n) is 11.7. The Morgan fingerprint density at radius 3 is 2.55 bits per heavy atom. The van der Waals surface area contributed by atoms with E-state index in [1.807, 2.05) is 42.1 Å². The van der Waals surface area contributed by atoms with Crippen molar-refractivity contribution in [1.29, 1.82) is 0 Å². The fourth-order valence-electron chi connectivity index (χ4n) is 2.86. The molecule has 20 heavy (non-hydrogen) atoms. The third-order valence-corrected chi connectivity index (χ3v) is 5.10. The second kappa shape index (κ2) is 6.51. The number of benzene rings is 2. The first-order chi connectivity index (χ1) is 9.84. The molecular formula is C17H21NOS. The first-order valence-corrected chi connectivity index (χ1v) is 8.39. The molecule has 1 saturated heterocycles. The number of phenolic OH excluding ortho intramolecular Hbond substituents is 1. The van der Waals surface area contributed by atoms with Crippen LogP contribution in [-0.4, -0.2) is 35.4 Å². The van der Waals surface area contributed by atoms with Crippen molar-refractivity contribution in [2.24, 2.45) is 0 Å². The minimum absolute atomic E-state index is 0.377. The zero-order chi connectivity index (χ0) is 13.8. The van der Waals surface area contributed by atoms with E-state index in [4.69, 9.17) is 0 Å². The Morgan fingerprint density at radius 1 is 1.00 bits per heavy atom. The van der Waals surface area contributed by atoms with Crippen molar-refractivity contribution in [3.8, 4) is 5.75 Å². The lowest BCUT2D eigenvalue weighted by molar-refractivity contribution is 0.341. The van der Waals surface area contributed by atoms with Crippen molar-refractivity contribution in [2.75, 3.05) is 25.4 Å². The summed E-state index contributed by atoms with van der Waals surface area (Å²) in [7, 11) is 0. The summed E-state index contributed by atoms with van der Waals surface area (Å²) < 4.78 is 0. The Labute approximate surface area is 124 Å². The Hall–Kier alpha value is -1.19. The number of likely N-dealkylation sites (tertiary alicyclic amines) is 1. The first-order valence-electron chi connectivity index (χ1n) is 7.40. The molecule has 3 heteroatoms. The fraction of sp³-hybridized carbons (Fsp3) is 0.412. The van der Waals surface area contributed by atoms with E-state index in [1.54, 1.807) is 0 Å². The quantitative estimate of drug-likeness (QED) is 0.661. The molecule has 2 aromatic rings. The van der Waals surface area contributed by atoms with E-state index in [1.165, 1.54) is 49.2 Å². The van der Waals surface area contributed by atoms with Crippen LogP contribution in [-0.2, 0) is 0 Å². The van der Waals surface area contributed by atoms with Gasteiger partial charge in [-0.25, -0.2) is 0 Å². The molecule has 3 rings (SSSR count). The van der Waals surface area contributed by atoms with Crippen LogP contribution in [0.25, 0.3) is 10.8 Å². The number of aromatic hydroxyl groups is 1. The Bertz CT molecular complexity index is 578. The SMILES string of the molecule is Oc1ccc(SCCCN2CCCC2)c2ccccc12. The standard InChI is InChI=1S/C17H21NOS/c19-16-8-9-17(15-7-2-1-6-14(15)16)20-13-5-12-18-10-3-4-11-18/h1-2,6-9,19H,3-5,10-13H2. The molecule has 0 bridgehead atoms.